The SMILES string of the molecule is CS(=O)(=O)O.OCc1ccccn1. The van der Waals surface area contributed by atoms with E-state index in [2.05, 4.69) is 4.98 Å². The van der Waals surface area contributed by atoms with E-state index in [1.807, 2.05) is 12.1 Å². The molecule has 1 aromatic heterocycles. The number of aromatic nitrogens is 1. The first kappa shape index (κ1) is 12.0. The predicted octanol–water partition coefficient (Wildman–Crippen LogP) is 0.0779. The van der Waals surface area contributed by atoms with Crippen molar-refractivity contribution in [2.45, 2.75) is 6.61 Å². The molecule has 0 aromatic carbocycles. The quantitative estimate of drug-likeness (QED) is 0.634. The Morgan fingerprint density at radius 3 is 2.23 bits per heavy atom. The number of nitrogens with zero attached hydrogens (tertiary/aromatic N) is 1. The van der Waals surface area contributed by atoms with Crippen LogP contribution < -0.4 is 0 Å². The molecule has 0 aliphatic rings. The lowest BCUT2D eigenvalue weighted by Gasteiger charge is -1.88. The summed E-state index contributed by atoms with van der Waals surface area (Å²) in [6, 6.07) is 5.44. The Hall–Kier alpha value is -0.980. The molecule has 0 fully saturated rings. The first-order chi connectivity index (χ1) is 5.93. The van der Waals surface area contributed by atoms with Gasteiger partial charge in [0.05, 0.1) is 18.6 Å². The molecule has 1 heterocycles. The third-order valence-corrected chi connectivity index (χ3v) is 0.888. The molecule has 0 radical (unpaired) electrons. The maximum absolute atomic E-state index is 9.19. The van der Waals surface area contributed by atoms with Gasteiger partial charge >= 0.3 is 0 Å². The van der Waals surface area contributed by atoms with Crippen LogP contribution in [-0.2, 0) is 16.7 Å². The van der Waals surface area contributed by atoms with Gasteiger partial charge in [-0.3, -0.25) is 9.54 Å². The average Bonchev–Trinajstić information content (AvgIpc) is 2.03. The second-order valence-electron chi connectivity index (χ2n) is 2.21. The van der Waals surface area contributed by atoms with Crippen molar-refractivity contribution < 1.29 is 18.1 Å². The number of hydrogen-bond donors (Lipinski definition) is 2. The zero-order valence-electron chi connectivity index (χ0n) is 7.08. The van der Waals surface area contributed by atoms with Crippen molar-refractivity contribution in [3.8, 4) is 0 Å². The summed E-state index contributed by atoms with van der Waals surface area (Å²) < 4.78 is 25.9. The molecular weight excluding hydrogens is 194 g/mol. The predicted molar refractivity (Wildman–Crippen MR) is 47.6 cm³/mol. The van der Waals surface area contributed by atoms with Gasteiger partial charge in [-0.15, -0.1) is 0 Å². The Balaban J connectivity index is 0.000000252. The molecular formula is C7H11NO4S. The highest BCUT2D eigenvalue weighted by Crippen LogP contribution is 1.89. The van der Waals surface area contributed by atoms with Gasteiger partial charge in [-0.25, -0.2) is 0 Å². The monoisotopic (exact) mass is 205 g/mol. The largest absolute Gasteiger partial charge is 0.390 e. The molecule has 0 saturated carbocycles. The van der Waals surface area contributed by atoms with Crippen molar-refractivity contribution in [3.05, 3.63) is 30.1 Å². The van der Waals surface area contributed by atoms with Crippen molar-refractivity contribution >= 4 is 10.1 Å². The average molecular weight is 205 g/mol. The van der Waals surface area contributed by atoms with Crippen molar-refractivity contribution in [3.63, 3.8) is 0 Å². The second-order valence-corrected chi connectivity index (χ2v) is 3.68. The lowest BCUT2D eigenvalue weighted by atomic mass is 10.4. The van der Waals surface area contributed by atoms with E-state index in [-0.39, 0.29) is 6.61 Å². The Labute approximate surface area is 76.8 Å². The van der Waals surface area contributed by atoms with Crippen LogP contribution in [0.3, 0.4) is 0 Å². The fourth-order valence-electron chi connectivity index (χ4n) is 0.492. The molecule has 0 bridgehead atoms. The van der Waals surface area contributed by atoms with Gasteiger partial charge in [-0.2, -0.15) is 8.42 Å². The van der Waals surface area contributed by atoms with Gasteiger partial charge in [-0.1, -0.05) is 6.07 Å². The summed E-state index contributed by atoms with van der Waals surface area (Å²) in [5.41, 5.74) is 0.715. The molecule has 74 valence electrons. The first-order valence-electron chi connectivity index (χ1n) is 3.36. The fraction of sp³-hybridized carbons (Fsp3) is 0.286. The molecule has 1 aromatic rings. The van der Waals surface area contributed by atoms with Crippen LogP contribution in [0, 0.1) is 0 Å². The van der Waals surface area contributed by atoms with Gasteiger partial charge in [0.25, 0.3) is 10.1 Å². The number of pyridine rings is 1. The summed E-state index contributed by atoms with van der Waals surface area (Å²) in [4.78, 5) is 3.85. The van der Waals surface area contributed by atoms with E-state index < -0.39 is 10.1 Å². The Kier molecular flexibility index (Phi) is 5.20. The third-order valence-electron chi connectivity index (χ3n) is 0.888. The summed E-state index contributed by atoms with van der Waals surface area (Å²) in [5, 5.41) is 8.48. The minimum absolute atomic E-state index is 0.0286. The van der Waals surface area contributed by atoms with E-state index in [1.165, 1.54) is 0 Å². The molecule has 0 aliphatic heterocycles. The van der Waals surface area contributed by atoms with Crippen molar-refractivity contribution in [1.29, 1.82) is 0 Å². The van der Waals surface area contributed by atoms with Crippen molar-refractivity contribution in [2.75, 3.05) is 6.26 Å². The number of aliphatic hydroxyl groups is 1. The van der Waals surface area contributed by atoms with Crippen LogP contribution in [0.15, 0.2) is 24.4 Å². The maximum Gasteiger partial charge on any atom is 0.261 e. The molecule has 0 spiro atoms. The number of hydrogen-bond acceptors (Lipinski definition) is 4. The summed E-state index contributed by atoms with van der Waals surface area (Å²) in [5.74, 6) is 0. The van der Waals surface area contributed by atoms with Crippen LogP contribution in [0.1, 0.15) is 5.69 Å². The van der Waals surface area contributed by atoms with Gasteiger partial charge in [0.2, 0.25) is 0 Å². The Morgan fingerprint density at radius 1 is 1.46 bits per heavy atom. The lowest BCUT2D eigenvalue weighted by molar-refractivity contribution is 0.277. The van der Waals surface area contributed by atoms with E-state index in [0.29, 0.717) is 11.9 Å². The minimum Gasteiger partial charge on any atom is -0.390 e. The molecule has 0 unspecified atom stereocenters. The highest BCUT2D eigenvalue weighted by molar-refractivity contribution is 7.85. The normalized spacial score (nSPS) is 10.1. The van der Waals surface area contributed by atoms with Gasteiger partial charge < -0.3 is 5.11 Å². The molecule has 0 atom stereocenters. The molecule has 0 aliphatic carbocycles. The zero-order chi connectivity index (χ0) is 10.3. The molecule has 5 nitrogen and oxygen atoms in total. The molecule has 6 heteroatoms. The topological polar surface area (TPSA) is 87.5 Å². The van der Waals surface area contributed by atoms with Gasteiger partial charge in [0.1, 0.15) is 0 Å². The molecule has 2 N–H and O–H groups in total. The smallest absolute Gasteiger partial charge is 0.261 e. The van der Waals surface area contributed by atoms with Crippen LogP contribution in [0.25, 0.3) is 0 Å². The van der Waals surface area contributed by atoms with Gasteiger partial charge in [0.15, 0.2) is 0 Å². The van der Waals surface area contributed by atoms with Crippen molar-refractivity contribution in [1.82, 2.24) is 4.98 Å². The van der Waals surface area contributed by atoms with E-state index in [9.17, 15) is 8.42 Å². The molecule has 13 heavy (non-hydrogen) atoms. The van der Waals surface area contributed by atoms with Crippen LogP contribution in [0.5, 0.6) is 0 Å². The highest BCUT2D eigenvalue weighted by Gasteiger charge is 1.83. The van der Waals surface area contributed by atoms with Crippen molar-refractivity contribution in [2.24, 2.45) is 0 Å². The van der Waals surface area contributed by atoms with Crippen LogP contribution in [0.2, 0.25) is 0 Å². The third kappa shape index (κ3) is 11.0. The van der Waals surface area contributed by atoms with E-state index in [4.69, 9.17) is 9.66 Å². The van der Waals surface area contributed by atoms with Gasteiger partial charge in [0, 0.05) is 6.20 Å². The summed E-state index contributed by atoms with van der Waals surface area (Å²) in [6.07, 6.45) is 2.37. The molecule has 0 saturated heterocycles. The van der Waals surface area contributed by atoms with Gasteiger partial charge in [-0.05, 0) is 12.1 Å². The highest BCUT2D eigenvalue weighted by atomic mass is 32.2. The maximum atomic E-state index is 9.19. The summed E-state index contributed by atoms with van der Waals surface area (Å²) in [6.45, 7) is 0.0286. The molecule has 0 amide bonds. The Bertz CT molecular complexity index is 314. The minimum atomic E-state index is -3.67. The second kappa shape index (κ2) is 5.63. The Morgan fingerprint density at radius 2 is 2.00 bits per heavy atom. The van der Waals surface area contributed by atoms with Crippen LogP contribution in [-0.4, -0.2) is 29.3 Å². The molecule has 1 rings (SSSR count). The zero-order valence-corrected chi connectivity index (χ0v) is 7.90. The van der Waals surface area contributed by atoms with Crippen LogP contribution >= 0.6 is 0 Å². The summed E-state index contributed by atoms with van der Waals surface area (Å²) in [7, 11) is -3.67. The van der Waals surface area contributed by atoms with Crippen LogP contribution in [0.4, 0.5) is 0 Å². The standard InChI is InChI=1S/C6H7NO.CH4O3S/c8-5-6-3-1-2-4-7-6;1-5(2,3)4/h1-4,8H,5H2;1H3,(H,2,3,4). The van der Waals surface area contributed by atoms with E-state index >= 15 is 0 Å². The first-order valence-corrected chi connectivity index (χ1v) is 5.21. The number of aliphatic hydroxyl groups excluding tert-OH is 1. The fourth-order valence-corrected chi connectivity index (χ4v) is 0.492. The van der Waals surface area contributed by atoms with E-state index in [1.54, 1.807) is 12.3 Å². The summed E-state index contributed by atoms with van der Waals surface area (Å²) >= 11 is 0. The lowest BCUT2D eigenvalue weighted by Crippen LogP contribution is -1.88. The number of rotatable bonds is 1. The van der Waals surface area contributed by atoms with E-state index in [0.717, 1.165) is 0 Å².